The highest BCUT2D eigenvalue weighted by molar-refractivity contribution is 5.82. The zero-order chi connectivity index (χ0) is 16.5. The van der Waals surface area contributed by atoms with Gasteiger partial charge in [0.25, 0.3) is 0 Å². The third-order valence-electron chi connectivity index (χ3n) is 3.85. The normalized spacial score (nSPS) is 11.7. The van der Waals surface area contributed by atoms with Gasteiger partial charge in [-0.05, 0) is 31.0 Å². The van der Waals surface area contributed by atoms with E-state index in [9.17, 15) is 4.79 Å². The standard InChI is InChI=1S/C19H25N3O/c1-2-22(17-12-7-4-8-13-17)15-9-14-21-19(23)18(20)16-10-5-3-6-11-16/h3-8,10-13,18H,2,9,14-15,20H2,1H3,(H,21,23). The van der Waals surface area contributed by atoms with Crippen molar-refractivity contribution in [1.82, 2.24) is 5.32 Å². The number of nitrogens with two attached hydrogens (primary N) is 1. The van der Waals surface area contributed by atoms with E-state index in [2.05, 4.69) is 29.3 Å². The van der Waals surface area contributed by atoms with E-state index in [1.807, 2.05) is 48.5 Å². The molecule has 0 saturated heterocycles. The minimum Gasteiger partial charge on any atom is -0.372 e. The zero-order valence-electron chi connectivity index (χ0n) is 13.6. The van der Waals surface area contributed by atoms with Crippen LogP contribution in [-0.2, 0) is 4.79 Å². The monoisotopic (exact) mass is 311 g/mol. The molecule has 0 fully saturated rings. The second-order valence-electron chi connectivity index (χ2n) is 5.45. The SMILES string of the molecule is CCN(CCCNC(=O)C(N)c1ccccc1)c1ccccc1. The van der Waals surface area contributed by atoms with Gasteiger partial charge in [0.15, 0.2) is 0 Å². The maximum atomic E-state index is 12.1. The van der Waals surface area contributed by atoms with E-state index >= 15 is 0 Å². The topological polar surface area (TPSA) is 58.4 Å². The van der Waals surface area contributed by atoms with Crippen LogP contribution < -0.4 is 16.0 Å². The molecular weight excluding hydrogens is 286 g/mol. The number of nitrogens with zero attached hydrogens (tertiary/aromatic N) is 1. The van der Waals surface area contributed by atoms with Crippen LogP contribution in [0.25, 0.3) is 0 Å². The van der Waals surface area contributed by atoms with Crippen molar-refractivity contribution in [3.63, 3.8) is 0 Å². The Morgan fingerprint density at radius 1 is 1.09 bits per heavy atom. The first-order valence-corrected chi connectivity index (χ1v) is 8.10. The Hall–Kier alpha value is -2.33. The first-order valence-electron chi connectivity index (χ1n) is 8.10. The van der Waals surface area contributed by atoms with Crippen molar-refractivity contribution in [1.29, 1.82) is 0 Å². The van der Waals surface area contributed by atoms with Gasteiger partial charge in [0.1, 0.15) is 6.04 Å². The highest BCUT2D eigenvalue weighted by Gasteiger charge is 2.14. The molecule has 0 aliphatic carbocycles. The van der Waals surface area contributed by atoms with Crippen molar-refractivity contribution >= 4 is 11.6 Å². The van der Waals surface area contributed by atoms with Gasteiger partial charge in [0.2, 0.25) is 5.91 Å². The molecule has 0 aliphatic heterocycles. The average molecular weight is 311 g/mol. The van der Waals surface area contributed by atoms with E-state index in [0.29, 0.717) is 6.54 Å². The molecule has 2 aromatic rings. The maximum absolute atomic E-state index is 12.1. The lowest BCUT2D eigenvalue weighted by Crippen LogP contribution is -2.36. The number of hydrogen-bond acceptors (Lipinski definition) is 3. The molecule has 2 aromatic carbocycles. The second kappa shape index (κ2) is 8.96. The fourth-order valence-electron chi connectivity index (χ4n) is 2.51. The van der Waals surface area contributed by atoms with E-state index in [-0.39, 0.29) is 5.91 Å². The molecule has 0 aromatic heterocycles. The van der Waals surface area contributed by atoms with Gasteiger partial charge in [-0.2, -0.15) is 0 Å². The van der Waals surface area contributed by atoms with Crippen LogP contribution in [0.4, 0.5) is 5.69 Å². The van der Waals surface area contributed by atoms with Gasteiger partial charge in [0, 0.05) is 25.3 Å². The van der Waals surface area contributed by atoms with Crippen molar-refractivity contribution in [3.8, 4) is 0 Å². The summed E-state index contributed by atoms with van der Waals surface area (Å²) in [5.74, 6) is -0.126. The quantitative estimate of drug-likeness (QED) is 0.737. The maximum Gasteiger partial charge on any atom is 0.241 e. The Balaban J connectivity index is 1.75. The lowest BCUT2D eigenvalue weighted by molar-refractivity contribution is -0.122. The number of benzene rings is 2. The molecule has 2 rings (SSSR count). The molecule has 0 spiro atoms. The molecule has 4 heteroatoms. The van der Waals surface area contributed by atoms with Crippen LogP contribution in [0, 0.1) is 0 Å². The van der Waals surface area contributed by atoms with Gasteiger partial charge in [0.05, 0.1) is 0 Å². The minimum absolute atomic E-state index is 0.126. The molecule has 0 bridgehead atoms. The summed E-state index contributed by atoms with van der Waals surface area (Å²) in [5, 5.41) is 2.92. The summed E-state index contributed by atoms with van der Waals surface area (Å²) in [6.45, 7) is 4.61. The number of anilines is 1. The summed E-state index contributed by atoms with van der Waals surface area (Å²) in [7, 11) is 0. The molecule has 0 radical (unpaired) electrons. The van der Waals surface area contributed by atoms with Gasteiger partial charge in [-0.3, -0.25) is 4.79 Å². The van der Waals surface area contributed by atoms with E-state index in [1.165, 1.54) is 5.69 Å². The van der Waals surface area contributed by atoms with Crippen molar-refractivity contribution < 1.29 is 4.79 Å². The van der Waals surface area contributed by atoms with Gasteiger partial charge in [-0.1, -0.05) is 48.5 Å². The molecule has 0 heterocycles. The number of amides is 1. The van der Waals surface area contributed by atoms with Gasteiger partial charge < -0.3 is 16.0 Å². The smallest absolute Gasteiger partial charge is 0.241 e. The molecular formula is C19H25N3O. The molecule has 1 atom stereocenters. The van der Waals surface area contributed by atoms with Crippen LogP contribution in [0.2, 0.25) is 0 Å². The van der Waals surface area contributed by atoms with E-state index in [1.54, 1.807) is 0 Å². The first-order chi connectivity index (χ1) is 11.2. The Labute approximate surface area is 138 Å². The number of carbonyl (C=O) groups is 1. The van der Waals surface area contributed by atoms with Crippen molar-refractivity contribution in [2.45, 2.75) is 19.4 Å². The largest absolute Gasteiger partial charge is 0.372 e. The minimum atomic E-state index is -0.604. The van der Waals surface area contributed by atoms with Crippen LogP contribution >= 0.6 is 0 Å². The number of para-hydroxylation sites is 1. The van der Waals surface area contributed by atoms with Crippen LogP contribution in [0.1, 0.15) is 24.9 Å². The lowest BCUT2D eigenvalue weighted by atomic mass is 10.1. The van der Waals surface area contributed by atoms with E-state index in [0.717, 1.165) is 25.1 Å². The predicted molar refractivity (Wildman–Crippen MR) is 95.3 cm³/mol. The summed E-state index contributed by atoms with van der Waals surface area (Å²) in [4.78, 5) is 14.4. The fraction of sp³-hybridized carbons (Fsp3) is 0.316. The number of carbonyl (C=O) groups excluding carboxylic acids is 1. The third-order valence-corrected chi connectivity index (χ3v) is 3.85. The Morgan fingerprint density at radius 2 is 1.70 bits per heavy atom. The van der Waals surface area contributed by atoms with Gasteiger partial charge >= 0.3 is 0 Å². The number of nitrogens with one attached hydrogen (secondary N) is 1. The molecule has 0 aliphatic rings. The molecule has 122 valence electrons. The molecule has 1 unspecified atom stereocenters. The van der Waals surface area contributed by atoms with Gasteiger partial charge in [-0.15, -0.1) is 0 Å². The van der Waals surface area contributed by atoms with Crippen LogP contribution in [0.3, 0.4) is 0 Å². The number of hydrogen-bond donors (Lipinski definition) is 2. The summed E-state index contributed by atoms with van der Waals surface area (Å²) in [6, 6.07) is 19.1. The number of rotatable bonds is 8. The van der Waals surface area contributed by atoms with Crippen molar-refractivity contribution in [2.24, 2.45) is 5.73 Å². The highest BCUT2D eigenvalue weighted by atomic mass is 16.2. The summed E-state index contributed by atoms with van der Waals surface area (Å²) < 4.78 is 0. The van der Waals surface area contributed by atoms with E-state index in [4.69, 9.17) is 5.73 Å². The zero-order valence-corrected chi connectivity index (χ0v) is 13.6. The average Bonchev–Trinajstić information content (AvgIpc) is 2.62. The van der Waals surface area contributed by atoms with Crippen LogP contribution in [0.15, 0.2) is 60.7 Å². The second-order valence-corrected chi connectivity index (χ2v) is 5.45. The van der Waals surface area contributed by atoms with Crippen LogP contribution in [0.5, 0.6) is 0 Å². The first kappa shape index (κ1) is 17.0. The van der Waals surface area contributed by atoms with Crippen molar-refractivity contribution in [2.75, 3.05) is 24.5 Å². The Kier molecular flexibility index (Phi) is 6.63. The summed E-state index contributed by atoms with van der Waals surface area (Å²) >= 11 is 0. The molecule has 23 heavy (non-hydrogen) atoms. The molecule has 4 nitrogen and oxygen atoms in total. The van der Waals surface area contributed by atoms with Crippen LogP contribution in [-0.4, -0.2) is 25.5 Å². The summed E-state index contributed by atoms with van der Waals surface area (Å²) in [5.41, 5.74) is 8.02. The van der Waals surface area contributed by atoms with Gasteiger partial charge in [-0.25, -0.2) is 0 Å². The Morgan fingerprint density at radius 3 is 2.30 bits per heavy atom. The predicted octanol–water partition coefficient (Wildman–Crippen LogP) is 2.72. The highest BCUT2D eigenvalue weighted by Crippen LogP contribution is 2.13. The molecule has 0 saturated carbocycles. The summed E-state index contributed by atoms with van der Waals surface area (Å²) in [6.07, 6.45) is 0.885. The molecule has 1 amide bonds. The molecule has 3 N–H and O–H groups in total. The third kappa shape index (κ3) is 5.11. The van der Waals surface area contributed by atoms with E-state index < -0.39 is 6.04 Å². The fourth-order valence-corrected chi connectivity index (χ4v) is 2.51. The lowest BCUT2D eigenvalue weighted by Gasteiger charge is -2.23. The van der Waals surface area contributed by atoms with Crippen molar-refractivity contribution in [3.05, 3.63) is 66.2 Å². The Bertz CT molecular complexity index is 586.